The van der Waals surface area contributed by atoms with Gasteiger partial charge >= 0.3 is 5.69 Å². The second kappa shape index (κ2) is 2.71. The lowest BCUT2D eigenvalue weighted by Gasteiger charge is -1.97. The molecule has 1 aromatic heterocycles. The minimum atomic E-state index is -0.424. The van der Waals surface area contributed by atoms with Gasteiger partial charge in [0, 0.05) is 25.4 Å². The molecule has 0 spiro atoms. The molecule has 11 heavy (non-hydrogen) atoms. The second-order valence-corrected chi connectivity index (χ2v) is 2.23. The molecule has 0 radical (unpaired) electrons. The SMILES string of the molecule is Cn1cc(CN)c(=O)[nH]c1=O. The summed E-state index contributed by atoms with van der Waals surface area (Å²) in [4.78, 5) is 23.8. The minimum absolute atomic E-state index is 0.142. The topological polar surface area (TPSA) is 80.9 Å². The van der Waals surface area contributed by atoms with Gasteiger partial charge in [-0.15, -0.1) is 0 Å². The van der Waals surface area contributed by atoms with E-state index in [-0.39, 0.29) is 6.54 Å². The van der Waals surface area contributed by atoms with Gasteiger partial charge in [-0.2, -0.15) is 0 Å². The summed E-state index contributed by atoms with van der Waals surface area (Å²) in [6.45, 7) is 0.142. The zero-order valence-corrected chi connectivity index (χ0v) is 6.13. The number of H-pyrrole nitrogens is 1. The number of hydrogen-bond acceptors (Lipinski definition) is 3. The third-order valence-electron chi connectivity index (χ3n) is 1.40. The predicted octanol–water partition coefficient (Wildman–Crippen LogP) is -1.47. The number of nitrogens with two attached hydrogens (primary N) is 1. The number of aromatic nitrogens is 2. The summed E-state index contributed by atoms with van der Waals surface area (Å²) in [6, 6.07) is 0. The van der Waals surface area contributed by atoms with Crippen LogP contribution in [0.15, 0.2) is 15.8 Å². The smallest absolute Gasteiger partial charge is 0.326 e. The molecule has 0 aliphatic heterocycles. The average molecular weight is 155 g/mol. The van der Waals surface area contributed by atoms with Gasteiger partial charge in [0.15, 0.2) is 0 Å². The fraction of sp³-hybridized carbons (Fsp3) is 0.333. The Morgan fingerprint density at radius 1 is 1.64 bits per heavy atom. The van der Waals surface area contributed by atoms with E-state index in [9.17, 15) is 9.59 Å². The first-order valence-corrected chi connectivity index (χ1v) is 3.14. The summed E-state index contributed by atoms with van der Waals surface area (Å²) in [5.41, 5.74) is 4.81. The molecule has 1 heterocycles. The highest BCUT2D eigenvalue weighted by Gasteiger charge is 1.98. The van der Waals surface area contributed by atoms with Crippen LogP contribution < -0.4 is 17.0 Å². The quantitative estimate of drug-likeness (QED) is 0.519. The predicted molar refractivity (Wildman–Crippen MR) is 40.2 cm³/mol. The molecule has 0 atom stereocenters. The van der Waals surface area contributed by atoms with Crippen LogP contribution in [-0.4, -0.2) is 9.55 Å². The third-order valence-corrected chi connectivity index (χ3v) is 1.40. The van der Waals surface area contributed by atoms with Crippen LogP contribution in [0.1, 0.15) is 5.56 Å². The molecular weight excluding hydrogens is 146 g/mol. The number of aryl methyl sites for hydroxylation is 1. The Morgan fingerprint density at radius 2 is 2.27 bits per heavy atom. The van der Waals surface area contributed by atoms with Crippen LogP contribution in [0.5, 0.6) is 0 Å². The molecule has 3 N–H and O–H groups in total. The zero-order valence-electron chi connectivity index (χ0n) is 6.13. The highest BCUT2D eigenvalue weighted by Crippen LogP contribution is 1.80. The minimum Gasteiger partial charge on any atom is -0.326 e. The lowest BCUT2D eigenvalue weighted by molar-refractivity contribution is 0.774. The van der Waals surface area contributed by atoms with E-state index >= 15 is 0 Å². The van der Waals surface area contributed by atoms with E-state index in [1.54, 1.807) is 7.05 Å². The van der Waals surface area contributed by atoms with E-state index in [0.29, 0.717) is 5.56 Å². The van der Waals surface area contributed by atoms with Crippen molar-refractivity contribution in [2.24, 2.45) is 12.8 Å². The first-order chi connectivity index (χ1) is 5.15. The molecule has 0 aromatic carbocycles. The van der Waals surface area contributed by atoms with Crippen molar-refractivity contribution in [2.45, 2.75) is 6.54 Å². The number of aromatic amines is 1. The monoisotopic (exact) mass is 155 g/mol. The Morgan fingerprint density at radius 3 is 2.82 bits per heavy atom. The molecule has 0 saturated carbocycles. The molecule has 0 fully saturated rings. The molecule has 60 valence electrons. The molecule has 0 saturated heterocycles. The summed E-state index contributed by atoms with van der Waals surface area (Å²) in [5, 5.41) is 0. The molecule has 0 aliphatic rings. The summed E-state index contributed by atoms with van der Waals surface area (Å²) in [7, 11) is 1.55. The van der Waals surface area contributed by atoms with Crippen LogP contribution in [0.2, 0.25) is 0 Å². The van der Waals surface area contributed by atoms with Gasteiger partial charge in [0.1, 0.15) is 0 Å². The number of nitrogens with one attached hydrogen (secondary N) is 1. The van der Waals surface area contributed by atoms with Gasteiger partial charge in [0.2, 0.25) is 0 Å². The summed E-state index contributed by atoms with van der Waals surface area (Å²) in [6.07, 6.45) is 1.43. The fourth-order valence-corrected chi connectivity index (χ4v) is 0.762. The Hall–Kier alpha value is -1.36. The summed E-state index contributed by atoms with van der Waals surface area (Å²) < 4.78 is 1.28. The highest BCUT2D eigenvalue weighted by atomic mass is 16.2. The standard InChI is InChI=1S/C6H9N3O2/c1-9-3-4(2-7)5(10)8-6(9)11/h3H,2,7H2,1H3,(H,8,10,11). The maximum Gasteiger partial charge on any atom is 0.328 e. The largest absolute Gasteiger partial charge is 0.328 e. The Bertz CT molecular complexity index is 363. The van der Waals surface area contributed by atoms with E-state index in [2.05, 4.69) is 4.98 Å². The molecule has 1 rings (SSSR count). The van der Waals surface area contributed by atoms with Crippen molar-refractivity contribution < 1.29 is 0 Å². The lowest BCUT2D eigenvalue weighted by Crippen LogP contribution is -2.30. The highest BCUT2D eigenvalue weighted by molar-refractivity contribution is 5.02. The van der Waals surface area contributed by atoms with Crippen LogP contribution in [0, 0.1) is 0 Å². The average Bonchev–Trinajstić information content (AvgIpc) is 1.97. The van der Waals surface area contributed by atoms with Crippen LogP contribution in [0.4, 0.5) is 0 Å². The van der Waals surface area contributed by atoms with Crippen molar-refractivity contribution in [3.63, 3.8) is 0 Å². The van der Waals surface area contributed by atoms with Crippen LogP contribution >= 0.6 is 0 Å². The third kappa shape index (κ3) is 1.38. The fourth-order valence-electron chi connectivity index (χ4n) is 0.762. The van der Waals surface area contributed by atoms with Gasteiger partial charge in [0.05, 0.1) is 0 Å². The van der Waals surface area contributed by atoms with Gasteiger partial charge < -0.3 is 10.3 Å². The van der Waals surface area contributed by atoms with Crippen LogP contribution in [0.3, 0.4) is 0 Å². The maximum atomic E-state index is 10.9. The van der Waals surface area contributed by atoms with Crippen molar-refractivity contribution in [1.29, 1.82) is 0 Å². The molecule has 0 amide bonds. The van der Waals surface area contributed by atoms with Gasteiger partial charge in [-0.1, -0.05) is 0 Å². The van der Waals surface area contributed by atoms with Gasteiger partial charge in [-0.3, -0.25) is 9.78 Å². The van der Waals surface area contributed by atoms with Crippen molar-refractivity contribution in [1.82, 2.24) is 9.55 Å². The van der Waals surface area contributed by atoms with E-state index < -0.39 is 11.2 Å². The first kappa shape index (κ1) is 7.74. The van der Waals surface area contributed by atoms with E-state index in [0.717, 1.165) is 0 Å². The van der Waals surface area contributed by atoms with E-state index in [1.165, 1.54) is 10.8 Å². The van der Waals surface area contributed by atoms with Crippen molar-refractivity contribution in [3.8, 4) is 0 Å². The van der Waals surface area contributed by atoms with Crippen LogP contribution in [0.25, 0.3) is 0 Å². The number of rotatable bonds is 1. The summed E-state index contributed by atoms with van der Waals surface area (Å²) >= 11 is 0. The molecule has 5 nitrogen and oxygen atoms in total. The van der Waals surface area contributed by atoms with E-state index in [1.807, 2.05) is 0 Å². The molecule has 0 aliphatic carbocycles. The Balaban J connectivity index is 3.45. The van der Waals surface area contributed by atoms with Crippen LogP contribution in [-0.2, 0) is 13.6 Å². The van der Waals surface area contributed by atoms with Gasteiger partial charge in [0.25, 0.3) is 5.56 Å². The zero-order chi connectivity index (χ0) is 8.43. The number of hydrogen-bond donors (Lipinski definition) is 2. The van der Waals surface area contributed by atoms with Gasteiger partial charge in [-0.25, -0.2) is 4.79 Å². The molecule has 0 bridgehead atoms. The number of nitrogens with zero attached hydrogens (tertiary/aromatic N) is 1. The van der Waals surface area contributed by atoms with E-state index in [4.69, 9.17) is 5.73 Å². The molecule has 0 unspecified atom stereocenters. The van der Waals surface area contributed by atoms with Crippen molar-refractivity contribution in [3.05, 3.63) is 32.6 Å². The van der Waals surface area contributed by atoms with Gasteiger partial charge in [-0.05, 0) is 0 Å². The molecule has 5 heteroatoms. The maximum absolute atomic E-state index is 10.9. The van der Waals surface area contributed by atoms with Crippen molar-refractivity contribution in [2.75, 3.05) is 0 Å². The lowest BCUT2D eigenvalue weighted by atomic mass is 10.3. The normalized spacial score (nSPS) is 10.0. The summed E-state index contributed by atoms with van der Waals surface area (Å²) in [5.74, 6) is 0. The molecule has 1 aromatic rings. The molecular formula is C6H9N3O2. The first-order valence-electron chi connectivity index (χ1n) is 3.14. The van der Waals surface area contributed by atoms with Crippen molar-refractivity contribution >= 4 is 0 Å². The second-order valence-electron chi connectivity index (χ2n) is 2.23. The Kier molecular flexibility index (Phi) is 1.91. The Labute approximate surface area is 62.5 Å².